The number of nitrogen functional groups attached to an aromatic ring is 1. The fourth-order valence-electron chi connectivity index (χ4n) is 4.32. The first-order valence-electron chi connectivity index (χ1n) is 11.3. The van der Waals surface area contributed by atoms with Crippen molar-refractivity contribution in [2.75, 3.05) is 69.4 Å². The summed E-state index contributed by atoms with van der Waals surface area (Å²) in [6, 6.07) is 0. The molecule has 13 nitrogen and oxygen atoms in total. The molecule has 2 N–H and O–H groups in total. The minimum absolute atomic E-state index is 0.172. The number of carbonyl (C=O) groups excluding carboxylic acids is 1. The second kappa shape index (κ2) is 9.02. The highest BCUT2D eigenvalue weighted by Gasteiger charge is 2.30. The average Bonchev–Trinajstić information content (AvgIpc) is 3.20. The number of sulfonamides is 1. The monoisotopic (exact) mass is 501 g/mol. The highest BCUT2D eigenvalue weighted by Crippen LogP contribution is 2.28. The molecule has 3 aromatic heterocycles. The number of nitrogens with two attached hydrogens (primary N) is 1. The molecule has 2 saturated heterocycles. The molecular formula is C21H27N9O4S. The molecule has 2 fully saturated rings. The van der Waals surface area contributed by atoms with Crippen molar-refractivity contribution in [2.24, 2.45) is 0 Å². The molecular weight excluding hydrogens is 474 g/mol. The van der Waals surface area contributed by atoms with E-state index in [0.717, 1.165) is 0 Å². The van der Waals surface area contributed by atoms with Gasteiger partial charge in [0.05, 0.1) is 30.9 Å². The van der Waals surface area contributed by atoms with Crippen LogP contribution in [0.1, 0.15) is 16.2 Å². The van der Waals surface area contributed by atoms with E-state index >= 15 is 0 Å². The molecule has 0 atom stereocenters. The van der Waals surface area contributed by atoms with Crippen LogP contribution in [0.5, 0.6) is 0 Å². The van der Waals surface area contributed by atoms with Crippen LogP contribution in [0, 0.1) is 6.92 Å². The number of morpholine rings is 1. The van der Waals surface area contributed by atoms with Gasteiger partial charge in [-0.25, -0.2) is 28.4 Å². The molecule has 5 rings (SSSR count). The van der Waals surface area contributed by atoms with Crippen LogP contribution in [-0.2, 0) is 14.8 Å². The molecule has 0 bridgehead atoms. The molecule has 35 heavy (non-hydrogen) atoms. The Hall–Kier alpha value is -3.36. The largest absolute Gasteiger partial charge is 0.378 e. The van der Waals surface area contributed by atoms with Crippen LogP contribution >= 0.6 is 0 Å². The number of amides is 1. The van der Waals surface area contributed by atoms with Crippen LogP contribution in [0.4, 0.5) is 11.8 Å². The third kappa shape index (κ3) is 4.51. The van der Waals surface area contributed by atoms with Gasteiger partial charge in [-0.15, -0.1) is 0 Å². The Balaban J connectivity index is 1.54. The Morgan fingerprint density at radius 3 is 2.31 bits per heavy atom. The van der Waals surface area contributed by atoms with Gasteiger partial charge < -0.3 is 20.3 Å². The molecule has 3 aromatic rings. The molecule has 2 aliphatic rings. The topological polar surface area (TPSA) is 152 Å². The molecule has 0 saturated carbocycles. The summed E-state index contributed by atoms with van der Waals surface area (Å²) in [5.41, 5.74) is 8.52. The number of anilines is 2. The summed E-state index contributed by atoms with van der Waals surface area (Å²) in [7, 11) is -3.29. The van der Waals surface area contributed by atoms with Crippen molar-refractivity contribution in [3.05, 3.63) is 30.0 Å². The molecule has 0 unspecified atom stereocenters. The van der Waals surface area contributed by atoms with Crippen LogP contribution < -0.4 is 10.6 Å². The summed E-state index contributed by atoms with van der Waals surface area (Å²) in [4.78, 5) is 34.9. The summed E-state index contributed by atoms with van der Waals surface area (Å²) in [5.74, 6) is 0.585. The molecule has 2 aliphatic heterocycles. The minimum atomic E-state index is -3.29. The van der Waals surface area contributed by atoms with Gasteiger partial charge in [0.2, 0.25) is 16.0 Å². The van der Waals surface area contributed by atoms with E-state index in [1.165, 1.54) is 10.6 Å². The fraction of sp³-hybridized carbons (Fsp3) is 0.476. The average molecular weight is 502 g/mol. The zero-order valence-corrected chi connectivity index (χ0v) is 20.4. The van der Waals surface area contributed by atoms with Gasteiger partial charge in [0, 0.05) is 63.4 Å². The number of imidazole rings is 1. The predicted octanol–water partition coefficient (Wildman–Crippen LogP) is -0.369. The summed E-state index contributed by atoms with van der Waals surface area (Å²) < 4.78 is 32.4. The fourth-order valence-corrected chi connectivity index (χ4v) is 5.14. The Labute approximate surface area is 202 Å². The van der Waals surface area contributed by atoms with Crippen LogP contribution in [-0.4, -0.2) is 107 Å². The summed E-state index contributed by atoms with van der Waals surface area (Å²) in [6.45, 7) is 5.41. The number of ether oxygens (including phenoxy) is 1. The Bertz CT molecular complexity index is 1360. The number of rotatable bonds is 4. The second-order valence-electron chi connectivity index (χ2n) is 8.57. The lowest BCUT2D eigenvalue weighted by Gasteiger charge is -2.32. The van der Waals surface area contributed by atoms with Crippen molar-refractivity contribution in [2.45, 2.75) is 6.92 Å². The maximum atomic E-state index is 13.4. The van der Waals surface area contributed by atoms with Gasteiger partial charge in [0.25, 0.3) is 5.91 Å². The van der Waals surface area contributed by atoms with Crippen LogP contribution in [0.2, 0.25) is 0 Å². The van der Waals surface area contributed by atoms with E-state index in [-0.39, 0.29) is 24.9 Å². The molecule has 186 valence electrons. The zero-order chi connectivity index (χ0) is 24.7. The standard InChI is InChI=1S/C21H27N9O4S/c1-14-17(20(31)28-3-5-29(6-4-28)35(2,32)33)26-19-18(27-7-9-34-10-8-27)25-16(13-30(14)19)15-11-23-21(22)24-12-15/h11-13H,3-10H2,1-2H3,(H2,22,23,24). The molecule has 0 aliphatic carbocycles. The number of carbonyl (C=O) groups is 1. The number of aryl methyl sites for hydroxylation is 1. The third-order valence-electron chi connectivity index (χ3n) is 6.30. The van der Waals surface area contributed by atoms with Gasteiger partial charge >= 0.3 is 0 Å². The highest BCUT2D eigenvalue weighted by molar-refractivity contribution is 7.88. The molecule has 0 radical (unpaired) electrons. The van der Waals surface area contributed by atoms with E-state index in [4.69, 9.17) is 20.4 Å². The number of hydrogen-bond donors (Lipinski definition) is 1. The zero-order valence-electron chi connectivity index (χ0n) is 19.6. The van der Waals surface area contributed by atoms with Crippen molar-refractivity contribution >= 4 is 33.3 Å². The molecule has 14 heteroatoms. The number of piperazine rings is 1. The number of aromatic nitrogens is 5. The second-order valence-corrected chi connectivity index (χ2v) is 10.6. The molecule has 0 aromatic carbocycles. The first kappa shape index (κ1) is 23.4. The first-order valence-corrected chi connectivity index (χ1v) is 13.1. The summed E-state index contributed by atoms with van der Waals surface area (Å²) in [5, 5.41) is 0. The number of fused-ring (bicyclic) bond motifs is 1. The quantitative estimate of drug-likeness (QED) is 0.501. The van der Waals surface area contributed by atoms with Crippen LogP contribution in [0.15, 0.2) is 18.6 Å². The predicted molar refractivity (Wildman–Crippen MR) is 129 cm³/mol. The van der Waals surface area contributed by atoms with Crippen molar-refractivity contribution in [3.8, 4) is 11.3 Å². The summed E-state index contributed by atoms with van der Waals surface area (Å²) in [6.07, 6.45) is 6.22. The van der Waals surface area contributed by atoms with Gasteiger partial charge in [-0.05, 0) is 6.92 Å². The first-order chi connectivity index (χ1) is 16.7. The maximum absolute atomic E-state index is 13.4. The normalized spacial score (nSPS) is 17.8. The van der Waals surface area contributed by atoms with Crippen LogP contribution in [0.25, 0.3) is 16.9 Å². The number of nitrogens with zero attached hydrogens (tertiary/aromatic N) is 8. The lowest BCUT2D eigenvalue weighted by atomic mass is 10.2. The van der Waals surface area contributed by atoms with E-state index in [1.807, 2.05) is 17.5 Å². The van der Waals surface area contributed by atoms with E-state index in [2.05, 4.69) is 14.9 Å². The molecule has 0 spiro atoms. The van der Waals surface area contributed by atoms with E-state index in [1.54, 1.807) is 17.3 Å². The van der Waals surface area contributed by atoms with E-state index in [9.17, 15) is 13.2 Å². The van der Waals surface area contributed by atoms with Crippen molar-refractivity contribution in [3.63, 3.8) is 0 Å². The Kier molecular flexibility index (Phi) is 6.02. The summed E-state index contributed by atoms with van der Waals surface area (Å²) >= 11 is 0. The van der Waals surface area contributed by atoms with Crippen molar-refractivity contribution < 1.29 is 17.9 Å². The van der Waals surface area contributed by atoms with Gasteiger partial charge in [-0.2, -0.15) is 4.31 Å². The molecule has 1 amide bonds. The number of hydrogen-bond acceptors (Lipinski definition) is 10. The van der Waals surface area contributed by atoms with Crippen molar-refractivity contribution in [1.82, 2.24) is 33.5 Å². The van der Waals surface area contributed by atoms with Crippen molar-refractivity contribution in [1.29, 1.82) is 0 Å². The lowest BCUT2D eigenvalue weighted by molar-refractivity contribution is 0.0692. The third-order valence-corrected chi connectivity index (χ3v) is 7.61. The van der Waals surface area contributed by atoms with E-state index < -0.39 is 10.0 Å². The van der Waals surface area contributed by atoms with Gasteiger partial charge in [0.1, 0.15) is 5.69 Å². The maximum Gasteiger partial charge on any atom is 0.274 e. The SMILES string of the molecule is Cc1c(C(=O)N2CCN(S(C)(=O)=O)CC2)nc2c(N3CCOCC3)nc(-c3cnc(N)nc3)cn12. The van der Waals surface area contributed by atoms with Gasteiger partial charge in [-0.1, -0.05) is 0 Å². The Morgan fingerprint density at radius 2 is 1.69 bits per heavy atom. The smallest absolute Gasteiger partial charge is 0.274 e. The van der Waals surface area contributed by atoms with Gasteiger partial charge in [0.15, 0.2) is 11.5 Å². The molecule has 5 heterocycles. The van der Waals surface area contributed by atoms with E-state index in [0.29, 0.717) is 73.5 Å². The Morgan fingerprint density at radius 1 is 1.03 bits per heavy atom. The highest BCUT2D eigenvalue weighted by atomic mass is 32.2. The lowest BCUT2D eigenvalue weighted by Crippen LogP contribution is -2.50. The minimum Gasteiger partial charge on any atom is -0.378 e. The van der Waals surface area contributed by atoms with Gasteiger partial charge in [-0.3, -0.25) is 9.20 Å². The van der Waals surface area contributed by atoms with Crippen LogP contribution in [0.3, 0.4) is 0 Å².